The van der Waals surface area contributed by atoms with Gasteiger partial charge in [-0.2, -0.15) is 0 Å². The standard InChI is InChI=1S/C11H24O2Si/c1-8-10(9(2)12)13-14(6,7)11(3,4)5/h8-10,12H,1H2,2-7H3/t9-,10+/m1/s1. The number of rotatable bonds is 4. The molecule has 0 aliphatic carbocycles. The molecular weight excluding hydrogens is 192 g/mol. The van der Waals surface area contributed by atoms with E-state index in [9.17, 15) is 5.11 Å². The van der Waals surface area contributed by atoms with Crippen LogP contribution >= 0.6 is 0 Å². The fourth-order valence-corrected chi connectivity index (χ4v) is 2.19. The molecule has 2 atom stereocenters. The molecule has 0 saturated heterocycles. The summed E-state index contributed by atoms with van der Waals surface area (Å²) in [5.41, 5.74) is 0. The molecule has 0 radical (unpaired) electrons. The number of hydrogen-bond donors (Lipinski definition) is 1. The fraction of sp³-hybridized carbons (Fsp3) is 0.818. The van der Waals surface area contributed by atoms with Crippen LogP contribution in [0.5, 0.6) is 0 Å². The second kappa shape index (κ2) is 4.60. The Morgan fingerprint density at radius 2 is 1.79 bits per heavy atom. The van der Waals surface area contributed by atoms with E-state index in [0.717, 1.165) is 0 Å². The fourth-order valence-electron chi connectivity index (χ4n) is 0.861. The molecule has 3 heteroatoms. The Morgan fingerprint density at radius 1 is 1.36 bits per heavy atom. The third kappa shape index (κ3) is 3.56. The van der Waals surface area contributed by atoms with Gasteiger partial charge in [-0.15, -0.1) is 6.58 Å². The normalized spacial score (nSPS) is 17.6. The zero-order valence-electron chi connectivity index (χ0n) is 10.3. The first kappa shape index (κ1) is 13.9. The second-order valence-corrected chi connectivity index (χ2v) is 10.1. The molecule has 0 saturated carbocycles. The van der Waals surface area contributed by atoms with E-state index in [1.54, 1.807) is 13.0 Å². The Kier molecular flexibility index (Phi) is 4.56. The van der Waals surface area contributed by atoms with Crippen LogP contribution in [0.1, 0.15) is 27.7 Å². The molecule has 0 amide bonds. The van der Waals surface area contributed by atoms with Gasteiger partial charge in [-0.1, -0.05) is 26.8 Å². The van der Waals surface area contributed by atoms with Gasteiger partial charge in [-0.05, 0) is 25.1 Å². The van der Waals surface area contributed by atoms with Crippen molar-refractivity contribution in [3.05, 3.63) is 12.7 Å². The highest BCUT2D eigenvalue weighted by atomic mass is 28.4. The predicted octanol–water partition coefficient (Wildman–Crippen LogP) is 2.94. The van der Waals surface area contributed by atoms with Crippen molar-refractivity contribution in [1.29, 1.82) is 0 Å². The third-order valence-corrected chi connectivity index (χ3v) is 7.42. The van der Waals surface area contributed by atoms with E-state index in [1.165, 1.54) is 0 Å². The molecule has 0 rings (SSSR count). The van der Waals surface area contributed by atoms with Gasteiger partial charge in [0.25, 0.3) is 0 Å². The summed E-state index contributed by atoms with van der Waals surface area (Å²) in [4.78, 5) is 0. The zero-order valence-corrected chi connectivity index (χ0v) is 11.3. The number of hydrogen-bond acceptors (Lipinski definition) is 2. The summed E-state index contributed by atoms with van der Waals surface area (Å²) in [6, 6.07) is 0. The minimum Gasteiger partial charge on any atom is -0.408 e. The van der Waals surface area contributed by atoms with Crippen molar-refractivity contribution >= 4 is 8.32 Å². The van der Waals surface area contributed by atoms with Crippen LogP contribution in [0, 0.1) is 0 Å². The molecular formula is C11H24O2Si. The van der Waals surface area contributed by atoms with E-state index >= 15 is 0 Å². The first-order valence-electron chi connectivity index (χ1n) is 5.10. The molecule has 0 unspecified atom stereocenters. The van der Waals surface area contributed by atoms with Gasteiger partial charge in [-0.25, -0.2) is 0 Å². The quantitative estimate of drug-likeness (QED) is 0.578. The predicted molar refractivity (Wildman–Crippen MR) is 63.9 cm³/mol. The van der Waals surface area contributed by atoms with Crippen LogP contribution in [-0.2, 0) is 4.43 Å². The highest BCUT2D eigenvalue weighted by Crippen LogP contribution is 2.37. The van der Waals surface area contributed by atoms with Crippen molar-refractivity contribution in [1.82, 2.24) is 0 Å². The van der Waals surface area contributed by atoms with Crippen molar-refractivity contribution < 1.29 is 9.53 Å². The van der Waals surface area contributed by atoms with E-state index in [2.05, 4.69) is 40.4 Å². The van der Waals surface area contributed by atoms with Crippen LogP contribution in [-0.4, -0.2) is 25.6 Å². The summed E-state index contributed by atoms with van der Waals surface area (Å²) in [6.07, 6.45) is 0.961. The number of aliphatic hydroxyl groups excluding tert-OH is 1. The SMILES string of the molecule is C=C[C@H](O[Si](C)(C)C(C)(C)C)[C@@H](C)O. The average Bonchev–Trinajstić information content (AvgIpc) is 1.97. The molecule has 0 fully saturated rings. The molecule has 0 aliphatic heterocycles. The highest BCUT2D eigenvalue weighted by molar-refractivity contribution is 6.74. The second-order valence-electron chi connectivity index (χ2n) is 5.32. The Bertz CT molecular complexity index is 192. The Balaban J connectivity index is 4.56. The van der Waals surface area contributed by atoms with Crippen LogP contribution in [0.25, 0.3) is 0 Å². The van der Waals surface area contributed by atoms with Crippen LogP contribution < -0.4 is 0 Å². The molecule has 1 N–H and O–H groups in total. The van der Waals surface area contributed by atoms with E-state index < -0.39 is 14.4 Å². The molecule has 0 aromatic heterocycles. The Labute approximate surface area is 89.1 Å². The van der Waals surface area contributed by atoms with E-state index in [1.807, 2.05) is 0 Å². The van der Waals surface area contributed by atoms with Crippen molar-refractivity contribution in [3.63, 3.8) is 0 Å². The summed E-state index contributed by atoms with van der Waals surface area (Å²) in [5, 5.41) is 9.64. The highest BCUT2D eigenvalue weighted by Gasteiger charge is 2.39. The third-order valence-electron chi connectivity index (χ3n) is 2.94. The molecule has 84 valence electrons. The van der Waals surface area contributed by atoms with Crippen LogP contribution in [0.15, 0.2) is 12.7 Å². The van der Waals surface area contributed by atoms with Crippen molar-refractivity contribution in [3.8, 4) is 0 Å². The van der Waals surface area contributed by atoms with Gasteiger partial charge in [0.05, 0.1) is 12.2 Å². The lowest BCUT2D eigenvalue weighted by molar-refractivity contribution is 0.0688. The van der Waals surface area contributed by atoms with E-state index in [0.29, 0.717) is 0 Å². The Hall–Kier alpha value is -0.123. The summed E-state index contributed by atoms with van der Waals surface area (Å²) in [6.45, 7) is 16.3. The van der Waals surface area contributed by atoms with Gasteiger partial charge in [0.2, 0.25) is 0 Å². The summed E-state index contributed by atoms with van der Waals surface area (Å²) in [5.74, 6) is 0. The Morgan fingerprint density at radius 3 is 2.00 bits per heavy atom. The van der Waals surface area contributed by atoms with Gasteiger partial charge in [0.1, 0.15) is 0 Å². The lowest BCUT2D eigenvalue weighted by Gasteiger charge is -2.39. The van der Waals surface area contributed by atoms with Crippen molar-refractivity contribution in [2.45, 2.75) is 58.0 Å². The molecule has 2 nitrogen and oxygen atoms in total. The van der Waals surface area contributed by atoms with Crippen molar-refractivity contribution in [2.24, 2.45) is 0 Å². The first-order chi connectivity index (χ1) is 6.12. The monoisotopic (exact) mass is 216 g/mol. The largest absolute Gasteiger partial charge is 0.408 e. The summed E-state index contributed by atoms with van der Waals surface area (Å²) in [7, 11) is -1.78. The van der Waals surface area contributed by atoms with Gasteiger partial charge in [0, 0.05) is 0 Å². The summed E-state index contributed by atoms with van der Waals surface area (Å²) >= 11 is 0. The van der Waals surface area contributed by atoms with Gasteiger partial charge >= 0.3 is 0 Å². The molecule has 0 aliphatic rings. The maximum absolute atomic E-state index is 9.47. The smallest absolute Gasteiger partial charge is 0.193 e. The maximum atomic E-state index is 9.47. The first-order valence-corrected chi connectivity index (χ1v) is 8.01. The lowest BCUT2D eigenvalue weighted by atomic mass is 10.2. The molecule has 0 spiro atoms. The van der Waals surface area contributed by atoms with Gasteiger partial charge in [0.15, 0.2) is 8.32 Å². The molecule has 0 aromatic carbocycles. The van der Waals surface area contributed by atoms with Gasteiger partial charge in [-0.3, -0.25) is 0 Å². The van der Waals surface area contributed by atoms with Crippen LogP contribution in [0.3, 0.4) is 0 Å². The summed E-state index contributed by atoms with van der Waals surface area (Å²) < 4.78 is 5.98. The van der Waals surface area contributed by atoms with E-state index in [4.69, 9.17) is 4.43 Å². The topological polar surface area (TPSA) is 29.5 Å². The van der Waals surface area contributed by atoms with Crippen LogP contribution in [0.4, 0.5) is 0 Å². The number of aliphatic hydroxyl groups is 1. The molecule has 14 heavy (non-hydrogen) atoms. The average molecular weight is 216 g/mol. The van der Waals surface area contributed by atoms with E-state index in [-0.39, 0.29) is 11.1 Å². The van der Waals surface area contributed by atoms with Crippen molar-refractivity contribution in [2.75, 3.05) is 0 Å². The minimum atomic E-state index is -1.78. The zero-order chi connectivity index (χ0) is 11.6. The van der Waals surface area contributed by atoms with Crippen LogP contribution in [0.2, 0.25) is 18.1 Å². The maximum Gasteiger partial charge on any atom is 0.193 e. The minimum absolute atomic E-state index is 0.170. The molecule has 0 bridgehead atoms. The lowest BCUT2D eigenvalue weighted by Crippen LogP contribution is -2.45. The molecule has 0 aromatic rings. The van der Waals surface area contributed by atoms with Gasteiger partial charge < -0.3 is 9.53 Å². The molecule has 0 heterocycles.